The summed E-state index contributed by atoms with van der Waals surface area (Å²) in [5, 5.41) is 9.87. The normalized spacial score (nSPS) is 13.5. The molecule has 1 atom stereocenters. The van der Waals surface area contributed by atoms with Gasteiger partial charge in [-0.3, -0.25) is 0 Å². The minimum atomic E-state index is -0.417. The molecule has 0 fully saturated rings. The first-order chi connectivity index (χ1) is 8.08. The van der Waals surface area contributed by atoms with Crippen LogP contribution in [0.25, 0.3) is 0 Å². The Morgan fingerprint density at radius 1 is 1.41 bits per heavy atom. The third-order valence-corrected chi connectivity index (χ3v) is 2.59. The van der Waals surface area contributed by atoms with Crippen LogP contribution in [0.1, 0.15) is 39.2 Å². The Morgan fingerprint density at radius 2 is 2.18 bits per heavy atom. The van der Waals surface area contributed by atoms with Crippen molar-refractivity contribution in [3.05, 3.63) is 47.5 Å². The minimum absolute atomic E-state index is 0.417. The van der Waals surface area contributed by atoms with E-state index in [-0.39, 0.29) is 0 Å². The third kappa shape index (κ3) is 6.12. The van der Waals surface area contributed by atoms with Crippen molar-refractivity contribution in [1.29, 1.82) is 0 Å². The predicted molar refractivity (Wildman–Crippen MR) is 70.8 cm³/mol. The van der Waals surface area contributed by atoms with Crippen LogP contribution in [0.15, 0.2) is 46.3 Å². The average molecular weight is 234 g/mol. The molecule has 0 amide bonds. The predicted octanol–water partition coefficient (Wildman–Crippen LogP) is 3.88. The zero-order valence-corrected chi connectivity index (χ0v) is 10.9. The summed E-state index contributed by atoms with van der Waals surface area (Å²) < 4.78 is 4.97. The molecule has 0 aliphatic carbocycles. The Hall–Kier alpha value is -1.28. The molecule has 94 valence electrons. The lowest BCUT2D eigenvalue weighted by Gasteiger charge is -2.06. The van der Waals surface area contributed by atoms with Gasteiger partial charge in [-0.05, 0) is 45.2 Å². The number of hydrogen-bond acceptors (Lipinski definition) is 2. The first kappa shape index (κ1) is 13.8. The van der Waals surface area contributed by atoms with Crippen LogP contribution in [0.5, 0.6) is 0 Å². The second kappa shape index (κ2) is 7.13. The second-order valence-electron chi connectivity index (χ2n) is 4.74. The summed E-state index contributed by atoms with van der Waals surface area (Å²) in [4.78, 5) is 0. The monoisotopic (exact) mass is 234 g/mol. The van der Waals surface area contributed by atoms with Gasteiger partial charge in [0.05, 0.1) is 18.6 Å². The molecule has 0 spiro atoms. The minimum Gasteiger partial charge on any atom is -0.472 e. The largest absolute Gasteiger partial charge is 0.472 e. The molecule has 17 heavy (non-hydrogen) atoms. The van der Waals surface area contributed by atoms with Gasteiger partial charge in [0.1, 0.15) is 0 Å². The molecule has 2 heteroatoms. The molecule has 0 saturated heterocycles. The van der Waals surface area contributed by atoms with Crippen molar-refractivity contribution in [2.45, 2.75) is 46.1 Å². The lowest BCUT2D eigenvalue weighted by molar-refractivity contribution is 0.222. The Morgan fingerprint density at radius 3 is 2.76 bits per heavy atom. The maximum atomic E-state index is 9.87. The van der Waals surface area contributed by atoms with E-state index < -0.39 is 6.10 Å². The molecule has 1 aromatic rings. The molecule has 2 nitrogen and oxygen atoms in total. The van der Waals surface area contributed by atoms with Crippen LogP contribution < -0.4 is 0 Å². The summed E-state index contributed by atoms with van der Waals surface area (Å²) in [6.45, 7) is 6.27. The Balaban J connectivity index is 2.37. The van der Waals surface area contributed by atoms with Crippen molar-refractivity contribution in [3.8, 4) is 0 Å². The second-order valence-corrected chi connectivity index (χ2v) is 4.74. The standard InChI is InChI=1S/C15H22O2/c1-12(2)5-4-6-13(3)9-15(16)10-14-7-8-17-11-14/h5,7-9,11,15-16H,4,6,10H2,1-3H3/b13-9+. The van der Waals surface area contributed by atoms with Crippen LogP contribution in [0.3, 0.4) is 0 Å². The van der Waals surface area contributed by atoms with Crippen LogP contribution in [-0.4, -0.2) is 11.2 Å². The van der Waals surface area contributed by atoms with E-state index in [1.54, 1.807) is 12.5 Å². The Kier molecular flexibility index (Phi) is 5.78. The Bertz CT molecular complexity index is 368. The van der Waals surface area contributed by atoms with E-state index in [9.17, 15) is 5.11 Å². The molecular formula is C15H22O2. The molecule has 1 unspecified atom stereocenters. The van der Waals surface area contributed by atoms with Gasteiger partial charge in [0.2, 0.25) is 0 Å². The lowest BCUT2D eigenvalue weighted by atomic mass is 10.1. The van der Waals surface area contributed by atoms with Gasteiger partial charge in [0.15, 0.2) is 0 Å². The van der Waals surface area contributed by atoms with Gasteiger partial charge in [0, 0.05) is 6.42 Å². The van der Waals surface area contributed by atoms with Gasteiger partial charge in [-0.2, -0.15) is 0 Å². The quantitative estimate of drug-likeness (QED) is 0.758. The molecule has 0 aliphatic heterocycles. The SMILES string of the molecule is CC(C)=CCC/C(C)=C/C(O)Cc1ccoc1. The number of aliphatic hydroxyl groups is 1. The number of allylic oxidation sites excluding steroid dienone is 3. The van der Waals surface area contributed by atoms with Crippen LogP contribution in [0, 0.1) is 0 Å². The van der Waals surface area contributed by atoms with Crippen LogP contribution in [0.4, 0.5) is 0 Å². The van der Waals surface area contributed by atoms with Gasteiger partial charge in [-0.15, -0.1) is 0 Å². The highest BCUT2D eigenvalue weighted by Gasteiger charge is 2.03. The third-order valence-electron chi connectivity index (χ3n) is 2.59. The van der Waals surface area contributed by atoms with E-state index >= 15 is 0 Å². The average Bonchev–Trinajstić information content (AvgIpc) is 2.69. The maximum Gasteiger partial charge on any atom is 0.0935 e. The highest BCUT2D eigenvalue weighted by atomic mass is 16.3. The van der Waals surface area contributed by atoms with E-state index in [4.69, 9.17) is 4.42 Å². The lowest BCUT2D eigenvalue weighted by Crippen LogP contribution is -2.06. The summed E-state index contributed by atoms with van der Waals surface area (Å²) in [7, 11) is 0. The fourth-order valence-corrected chi connectivity index (χ4v) is 1.71. The molecule has 0 radical (unpaired) electrons. The van der Waals surface area contributed by atoms with Crippen LogP contribution in [0.2, 0.25) is 0 Å². The molecular weight excluding hydrogens is 212 g/mol. The summed E-state index contributed by atoms with van der Waals surface area (Å²) in [5.74, 6) is 0. The molecule has 0 bridgehead atoms. The molecule has 0 aromatic carbocycles. The van der Waals surface area contributed by atoms with Gasteiger partial charge in [-0.1, -0.05) is 23.3 Å². The topological polar surface area (TPSA) is 33.4 Å². The summed E-state index contributed by atoms with van der Waals surface area (Å²) in [5.41, 5.74) is 3.61. The van der Waals surface area contributed by atoms with Crippen LogP contribution >= 0.6 is 0 Å². The number of aliphatic hydroxyl groups excluding tert-OH is 1. The Labute approximate surface area is 104 Å². The van der Waals surface area contributed by atoms with E-state index in [0.29, 0.717) is 6.42 Å². The molecule has 1 rings (SSSR count). The van der Waals surface area contributed by atoms with E-state index in [1.165, 1.54) is 11.1 Å². The van der Waals surface area contributed by atoms with Gasteiger partial charge in [0.25, 0.3) is 0 Å². The zero-order valence-electron chi connectivity index (χ0n) is 10.9. The van der Waals surface area contributed by atoms with Gasteiger partial charge in [-0.25, -0.2) is 0 Å². The van der Waals surface area contributed by atoms with Gasteiger partial charge >= 0.3 is 0 Å². The van der Waals surface area contributed by atoms with E-state index in [1.807, 2.05) is 12.1 Å². The van der Waals surface area contributed by atoms with E-state index in [2.05, 4.69) is 26.8 Å². The van der Waals surface area contributed by atoms with E-state index in [0.717, 1.165) is 18.4 Å². The molecule has 1 aromatic heterocycles. The van der Waals surface area contributed by atoms with Crippen molar-refractivity contribution in [1.82, 2.24) is 0 Å². The first-order valence-electron chi connectivity index (χ1n) is 6.07. The molecule has 1 N–H and O–H groups in total. The fraction of sp³-hybridized carbons (Fsp3) is 0.467. The van der Waals surface area contributed by atoms with Crippen LogP contribution in [-0.2, 0) is 6.42 Å². The zero-order chi connectivity index (χ0) is 12.7. The number of rotatable bonds is 6. The summed E-state index contributed by atoms with van der Waals surface area (Å²) >= 11 is 0. The maximum absolute atomic E-state index is 9.87. The highest BCUT2D eigenvalue weighted by Crippen LogP contribution is 2.11. The van der Waals surface area contributed by atoms with Gasteiger partial charge < -0.3 is 9.52 Å². The number of hydrogen-bond donors (Lipinski definition) is 1. The van der Waals surface area contributed by atoms with Crippen molar-refractivity contribution in [2.75, 3.05) is 0 Å². The van der Waals surface area contributed by atoms with Crippen molar-refractivity contribution < 1.29 is 9.52 Å². The number of furan rings is 1. The highest BCUT2D eigenvalue weighted by molar-refractivity contribution is 5.11. The molecule has 1 heterocycles. The fourth-order valence-electron chi connectivity index (χ4n) is 1.71. The van der Waals surface area contributed by atoms with Crippen molar-refractivity contribution in [3.63, 3.8) is 0 Å². The van der Waals surface area contributed by atoms with Crippen molar-refractivity contribution in [2.24, 2.45) is 0 Å². The molecule has 0 aliphatic rings. The first-order valence-corrected chi connectivity index (χ1v) is 6.07. The summed E-state index contributed by atoms with van der Waals surface area (Å²) in [6, 6.07) is 1.88. The van der Waals surface area contributed by atoms with Crippen molar-refractivity contribution >= 4 is 0 Å². The smallest absolute Gasteiger partial charge is 0.0935 e. The molecule has 0 saturated carbocycles. The summed E-state index contributed by atoms with van der Waals surface area (Å²) in [6.07, 6.45) is 9.72.